The van der Waals surface area contributed by atoms with Gasteiger partial charge < -0.3 is 10.5 Å². The molecule has 0 aliphatic rings. The highest BCUT2D eigenvalue weighted by Gasteiger charge is 2.04. The first-order valence-electron chi connectivity index (χ1n) is 2.34. The monoisotopic (exact) mass is 213 g/mol. The lowest BCUT2D eigenvalue weighted by atomic mass is 10.7. The zero-order valence-electron chi connectivity index (χ0n) is 4.71. The molecule has 0 aliphatic carbocycles. The maximum atomic E-state index is 10.4. The molecule has 3 nitrogen and oxygen atoms in total. The number of carbonyl (C=O) groups excluding carboxylic acids is 1. The summed E-state index contributed by atoms with van der Waals surface area (Å²) in [4.78, 5) is 10.4. The van der Waals surface area contributed by atoms with Crippen LogP contribution in [0.3, 0.4) is 0 Å². The van der Waals surface area contributed by atoms with Crippen molar-refractivity contribution in [3.8, 4) is 0 Å². The first kappa shape index (κ1) is 9.26. The van der Waals surface area contributed by atoms with Gasteiger partial charge in [-0.1, -0.05) is 15.9 Å². The number of halogens is 1. The van der Waals surface area contributed by atoms with Crippen molar-refractivity contribution in [2.75, 3.05) is 11.9 Å². The lowest BCUT2D eigenvalue weighted by Gasteiger charge is -2.06. The van der Waals surface area contributed by atoms with E-state index in [0.29, 0.717) is 0 Å². The Morgan fingerprint density at radius 1 is 1.89 bits per heavy atom. The first-order valence-corrected chi connectivity index (χ1v) is 3.98. The van der Waals surface area contributed by atoms with E-state index in [-0.39, 0.29) is 17.8 Å². The fourth-order valence-electron chi connectivity index (χ4n) is 0.231. The minimum atomic E-state index is -0.477. The van der Waals surface area contributed by atoms with Crippen LogP contribution in [0.5, 0.6) is 0 Å². The van der Waals surface area contributed by atoms with Crippen LogP contribution in [0, 0.1) is 0 Å². The molecule has 1 atom stereocenters. The molecule has 1 unspecified atom stereocenters. The maximum Gasteiger partial charge on any atom is 0.317 e. The summed E-state index contributed by atoms with van der Waals surface area (Å²) in [6.45, 7) is 0.238. The van der Waals surface area contributed by atoms with Crippen LogP contribution >= 0.6 is 28.6 Å². The van der Waals surface area contributed by atoms with Crippen LogP contribution in [0.4, 0.5) is 0 Å². The van der Waals surface area contributed by atoms with E-state index in [1.54, 1.807) is 0 Å². The van der Waals surface area contributed by atoms with Gasteiger partial charge in [0, 0.05) is 6.54 Å². The molecule has 0 aromatic heterocycles. The molecule has 0 aliphatic heterocycles. The Morgan fingerprint density at radius 2 is 2.44 bits per heavy atom. The van der Waals surface area contributed by atoms with Crippen molar-refractivity contribution >= 4 is 34.5 Å². The van der Waals surface area contributed by atoms with Gasteiger partial charge in [0.2, 0.25) is 0 Å². The van der Waals surface area contributed by atoms with Gasteiger partial charge in [-0.15, -0.1) is 12.6 Å². The predicted octanol–water partition coefficient (Wildman–Crippen LogP) is 0.139. The number of thiol groups is 1. The molecule has 0 bridgehead atoms. The number of ether oxygens (including phenoxy) is 1. The van der Waals surface area contributed by atoms with Crippen molar-refractivity contribution in [1.82, 2.24) is 0 Å². The van der Waals surface area contributed by atoms with Crippen molar-refractivity contribution in [2.24, 2.45) is 5.73 Å². The summed E-state index contributed by atoms with van der Waals surface area (Å²) in [7, 11) is 0. The van der Waals surface area contributed by atoms with Gasteiger partial charge in [-0.3, -0.25) is 4.79 Å². The van der Waals surface area contributed by atoms with E-state index in [0.717, 1.165) is 0 Å². The van der Waals surface area contributed by atoms with Gasteiger partial charge in [0.05, 0.1) is 0 Å². The van der Waals surface area contributed by atoms with Crippen LogP contribution in [0.25, 0.3) is 0 Å². The molecule has 0 fully saturated rings. The van der Waals surface area contributed by atoms with E-state index in [1.807, 2.05) is 0 Å². The molecule has 0 aromatic carbocycles. The Morgan fingerprint density at radius 3 is 2.78 bits per heavy atom. The summed E-state index contributed by atoms with van der Waals surface area (Å²) in [5.41, 5.74) is 4.63. The Kier molecular flexibility index (Phi) is 5.22. The molecule has 0 saturated carbocycles. The van der Waals surface area contributed by atoms with E-state index >= 15 is 0 Å². The quantitative estimate of drug-likeness (QED) is 0.304. The van der Waals surface area contributed by atoms with Gasteiger partial charge in [-0.25, -0.2) is 0 Å². The van der Waals surface area contributed by atoms with Gasteiger partial charge in [-0.05, 0) is 0 Å². The number of nitrogens with two attached hydrogens (primary N) is 1. The average Bonchev–Trinajstić information content (AvgIpc) is 1.87. The zero-order valence-corrected chi connectivity index (χ0v) is 7.19. The molecule has 0 saturated heterocycles. The second kappa shape index (κ2) is 5.08. The van der Waals surface area contributed by atoms with Crippen molar-refractivity contribution in [1.29, 1.82) is 0 Å². The molecule has 0 rings (SSSR count). The summed E-state index contributed by atoms with van der Waals surface area (Å²) in [6.07, 6.45) is 0. The normalized spacial score (nSPS) is 12.8. The minimum Gasteiger partial charge on any atom is -0.450 e. The molecule has 0 radical (unpaired) electrons. The number of hydrogen-bond donors (Lipinski definition) is 2. The van der Waals surface area contributed by atoms with Crippen molar-refractivity contribution in [3.05, 3.63) is 0 Å². The summed E-state index contributed by atoms with van der Waals surface area (Å²) >= 11 is 6.76. The van der Waals surface area contributed by atoms with E-state index < -0.39 is 5.44 Å². The number of alkyl halides is 1. The van der Waals surface area contributed by atoms with Crippen LogP contribution in [0.2, 0.25) is 0 Å². The molecule has 5 heteroatoms. The number of esters is 1. The fraction of sp³-hybridized carbons (Fsp3) is 0.750. The zero-order chi connectivity index (χ0) is 7.28. The smallest absolute Gasteiger partial charge is 0.317 e. The van der Waals surface area contributed by atoms with E-state index in [9.17, 15) is 4.79 Å². The first-order chi connectivity index (χ1) is 4.20. The van der Waals surface area contributed by atoms with Gasteiger partial charge in [-0.2, -0.15) is 0 Å². The molecule has 0 heterocycles. The fourth-order valence-corrected chi connectivity index (χ4v) is 0.481. The van der Waals surface area contributed by atoms with E-state index in [4.69, 9.17) is 5.73 Å². The van der Waals surface area contributed by atoms with Crippen LogP contribution in [0.15, 0.2) is 0 Å². The van der Waals surface area contributed by atoms with Gasteiger partial charge >= 0.3 is 5.97 Å². The Labute approximate surface area is 67.5 Å². The summed E-state index contributed by atoms with van der Waals surface area (Å²) < 4.78 is 4.60. The lowest BCUT2D eigenvalue weighted by molar-refractivity contribution is -0.141. The predicted molar refractivity (Wildman–Crippen MR) is 41.7 cm³/mol. The largest absolute Gasteiger partial charge is 0.450 e. The van der Waals surface area contributed by atoms with E-state index in [1.165, 1.54) is 0 Å². The molecular formula is C4H8BrNO2S. The molecule has 0 spiro atoms. The topological polar surface area (TPSA) is 52.3 Å². The highest BCUT2D eigenvalue weighted by molar-refractivity contribution is 9.09. The standard InChI is InChI=1S/C4H8BrNO2S/c5-1-3(7)8-4(9)2-6/h4,9H,1-2,6H2. The Hall–Kier alpha value is 0.260. The lowest BCUT2D eigenvalue weighted by Crippen LogP contribution is -2.21. The number of hydrogen-bond acceptors (Lipinski definition) is 4. The van der Waals surface area contributed by atoms with Crippen LogP contribution in [-0.4, -0.2) is 23.3 Å². The van der Waals surface area contributed by atoms with Crippen molar-refractivity contribution in [2.45, 2.75) is 5.44 Å². The second-order valence-corrected chi connectivity index (χ2v) is 2.45. The van der Waals surface area contributed by atoms with Gasteiger partial charge in [0.1, 0.15) is 5.33 Å². The highest BCUT2D eigenvalue weighted by Crippen LogP contribution is 1.96. The SMILES string of the molecule is NCC(S)OC(=O)CBr. The van der Waals surface area contributed by atoms with Crippen molar-refractivity contribution < 1.29 is 9.53 Å². The Balaban J connectivity index is 3.34. The van der Waals surface area contributed by atoms with Crippen LogP contribution in [0.1, 0.15) is 0 Å². The van der Waals surface area contributed by atoms with Crippen molar-refractivity contribution in [3.63, 3.8) is 0 Å². The molecule has 0 amide bonds. The maximum absolute atomic E-state index is 10.4. The summed E-state index contributed by atoms with van der Waals surface area (Å²) in [5.74, 6) is -0.347. The minimum absolute atomic E-state index is 0.185. The molecular weight excluding hydrogens is 206 g/mol. The third-order valence-corrected chi connectivity index (χ3v) is 1.35. The Bertz CT molecular complexity index is 101. The number of rotatable bonds is 3. The molecule has 9 heavy (non-hydrogen) atoms. The third-order valence-electron chi connectivity index (χ3n) is 0.578. The summed E-state index contributed by atoms with van der Waals surface area (Å²) in [5, 5.41) is 0.185. The average molecular weight is 214 g/mol. The number of carbonyl (C=O) groups is 1. The molecule has 0 aromatic rings. The van der Waals surface area contributed by atoms with Gasteiger partial charge in [0.25, 0.3) is 0 Å². The molecule has 54 valence electrons. The van der Waals surface area contributed by atoms with E-state index in [2.05, 4.69) is 33.3 Å². The highest BCUT2D eigenvalue weighted by atomic mass is 79.9. The third kappa shape index (κ3) is 4.74. The van der Waals surface area contributed by atoms with Crippen LogP contribution in [-0.2, 0) is 9.53 Å². The second-order valence-electron chi connectivity index (χ2n) is 1.31. The molecule has 2 N–H and O–H groups in total. The summed E-state index contributed by atoms with van der Waals surface area (Å²) in [6, 6.07) is 0. The van der Waals surface area contributed by atoms with Gasteiger partial charge in [0.15, 0.2) is 5.44 Å². The van der Waals surface area contributed by atoms with Crippen LogP contribution < -0.4 is 5.73 Å².